The Bertz CT molecular complexity index is 1390. The Labute approximate surface area is 202 Å². The number of carbonyl (C=O) groups is 1. The zero-order valence-electron chi connectivity index (χ0n) is 19.3. The van der Waals surface area contributed by atoms with E-state index in [1.54, 1.807) is 19.0 Å². The average molecular weight is 479 g/mol. The maximum atomic E-state index is 12.9. The molecule has 1 aliphatic rings. The summed E-state index contributed by atoms with van der Waals surface area (Å²) in [6, 6.07) is 13.8. The zero-order valence-corrected chi connectivity index (χ0v) is 20.1. The van der Waals surface area contributed by atoms with Crippen LogP contribution in [0, 0.1) is 0 Å². The number of H-pyrrole nitrogens is 1. The molecule has 0 radical (unpaired) electrons. The van der Waals surface area contributed by atoms with Crippen LogP contribution in [0.5, 0.6) is 0 Å². The van der Waals surface area contributed by atoms with Gasteiger partial charge in [0.05, 0.1) is 11.2 Å². The van der Waals surface area contributed by atoms with Gasteiger partial charge in [0.1, 0.15) is 6.54 Å². The van der Waals surface area contributed by atoms with E-state index >= 15 is 0 Å². The lowest BCUT2D eigenvalue weighted by Crippen LogP contribution is -2.26. The standard InChI is InChI=1S/C26H27ClN4O3/c1-30(2)22(32)15-31-21-14-18(25-28-26(33)34-29-25)10-13-20(21)23(16-6-4-3-5-7-16)24(31)17-8-11-19(27)12-9-17/h8-14,16H,3-7,15H2,1-2H3,(H,28,29,33). The molecule has 0 aliphatic heterocycles. The maximum absolute atomic E-state index is 12.9. The first-order valence-electron chi connectivity index (χ1n) is 11.6. The lowest BCUT2D eigenvalue weighted by molar-refractivity contribution is -0.129. The van der Waals surface area contributed by atoms with Gasteiger partial charge in [0.2, 0.25) is 5.91 Å². The van der Waals surface area contributed by atoms with Gasteiger partial charge in [0.25, 0.3) is 0 Å². The van der Waals surface area contributed by atoms with Crippen LogP contribution in [0.3, 0.4) is 0 Å². The molecular formula is C26H27ClN4O3. The largest absolute Gasteiger partial charge is 0.439 e. The number of aromatic amines is 1. The molecule has 34 heavy (non-hydrogen) atoms. The first-order valence-corrected chi connectivity index (χ1v) is 12.0. The Morgan fingerprint density at radius 3 is 2.47 bits per heavy atom. The number of carbonyl (C=O) groups excluding carboxylic acids is 1. The number of nitrogens with one attached hydrogen (secondary N) is 1. The van der Waals surface area contributed by atoms with E-state index in [1.165, 1.54) is 24.8 Å². The van der Waals surface area contributed by atoms with Gasteiger partial charge in [-0.2, -0.15) is 0 Å². The van der Waals surface area contributed by atoms with Crippen molar-refractivity contribution in [1.82, 2.24) is 19.6 Å². The van der Waals surface area contributed by atoms with Crippen molar-refractivity contribution in [3.05, 3.63) is 63.6 Å². The molecule has 0 unspecified atom stereocenters. The highest BCUT2D eigenvalue weighted by atomic mass is 35.5. The maximum Gasteiger partial charge on any atom is 0.439 e. The summed E-state index contributed by atoms with van der Waals surface area (Å²) in [5.41, 5.74) is 5.03. The number of nitrogens with zero attached hydrogens (tertiary/aromatic N) is 3. The van der Waals surface area contributed by atoms with Crippen LogP contribution in [-0.4, -0.2) is 39.6 Å². The van der Waals surface area contributed by atoms with E-state index in [0.717, 1.165) is 40.6 Å². The van der Waals surface area contributed by atoms with Gasteiger partial charge >= 0.3 is 5.76 Å². The van der Waals surface area contributed by atoms with Crippen LogP contribution in [0.25, 0.3) is 33.5 Å². The molecule has 1 saturated carbocycles. The summed E-state index contributed by atoms with van der Waals surface area (Å²) >= 11 is 6.21. The smallest absolute Gasteiger partial charge is 0.347 e. The molecule has 5 rings (SSSR count). The molecule has 0 spiro atoms. The fourth-order valence-corrected chi connectivity index (χ4v) is 5.17. The van der Waals surface area contributed by atoms with Crippen molar-refractivity contribution in [3.8, 4) is 22.6 Å². The Kier molecular flexibility index (Phi) is 6.04. The summed E-state index contributed by atoms with van der Waals surface area (Å²) in [6.07, 6.45) is 5.91. The number of aromatic nitrogens is 3. The Morgan fingerprint density at radius 1 is 1.12 bits per heavy atom. The lowest BCUT2D eigenvalue weighted by Gasteiger charge is -2.24. The van der Waals surface area contributed by atoms with Crippen LogP contribution in [0.4, 0.5) is 0 Å². The molecule has 1 amide bonds. The minimum absolute atomic E-state index is 0.00236. The van der Waals surface area contributed by atoms with Gasteiger partial charge in [0, 0.05) is 30.1 Å². The van der Waals surface area contributed by atoms with E-state index < -0.39 is 5.76 Å². The zero-order chi connectivity index (χ0) is 23.8. The Morgan fingerprint density at radius 2 is 1.82 bits per heavy atom. The third-order valence-electron chi connectivity index (χ3n) is 6.74. The normalized spacial score (nSPS) is 14.6. The minimum Gasteiger partial charge on any atom is -0.347 e. The van der Waals surface area contributed by atoms with Crippen molar-refractivity contribution in [3.63, 3.8) is 0 Å². The third-order valence-corrected chi connectivity index (χ3v) is 6.99. The fraction of sp³-hybridized carbons (Fsp3) is 0.346. The Hall–Kier alpha value is -3.32. The van der Waals surface area contributed by atoms with Gasteiger partial charge in [-0.15, -0.1) is 0 Å². The van der Waals surface area contributed by atoms with E-state index in [4.69, 9.17) is 16.1 Å². The number of likely N-dealkylation sites (N-methyl/N-ethyl adjacent to an activating group) is 1. The van der Waals surface area contributed by atoms with Crippen LogP contribution in [0.2, 0.25) is 5.02 Å². The summed E-state index contributed by atoms with van der Waals surface area (Å²) in [6.45, 7) is 0.201. The van der Waals surface area contributed by atoms with Gasteiger partial charge in [0.15, 0.2) is 5.82 Å². The van der Waals surface area contributed by atoms with Crippen LogP contribution < -0.4 is 5.76 Å². The molecule has 2 heterocycles. The van der Waals surface area contributed by atoms with Crippen molar-refractivity contribution in [2.45, 2.75) is 44.6 Å². The van der Waals surface area contributed by atoms with Gasteiger partial charge in [-0.05, 0) is 48.1 Å². The summed E-state index contributed by atoms with van der Waals surface area (Å²) in [5, 5.41) is 5.65. The molecule has 0 atom stereocenters. The molecule has 2 aromatic heterocycles. The molecular weight excluding hydrogens is 452 g/mol. The molecule has 8 heteroatoms. The topological polar surface area (TPSA) is 84.1 Å². The number of rotatable bonds is 5. The van der Waals surface area contributed by atoms with Gasteiger partial charge in [-0.25, -0.2) is 4.79 Å². The van der Waals surface area contributed by atoms with Crippen LogP contribution >= 0.6 is 11.6 Å². The molecule has 4 aromatic rings. The van der Waals surface area contributed by atoms with Crippen LogP contribution in [0.1, 0.15) is 43.6 Å². The van der Waals surface area contributed by atoms with E-state index in [1.807, 2.05) is 36.4 Å². The lowest BCUT2D eigenvalue weighted by atomic mass is 9.82. The second-order valence-corrected chi connectivity index (χ2v) is 9.59. The first kappa shape index (κ1) is 22.5. The third kappa shape index (κ3) is 4.16. The molecule has 176 valence electrons. The van der Waals surface area contributed by atoms with Crippen molar-refractivity contribution in [2.75, 3.05) is 14.1 Å². The highest BCUT2D eigenvalue weighted by Crippen LogP contribution is 2.44. The van der Waals surface area contributed by atoms with Crippen LogP contribution in [0.15, 0.2) is 51.8 Å². The molecule has 0 saturated heterocycles. The fourth-order valence-electron chi connectivity index (χ4n) is 5.04. The monoisotopic (exact) mass is 478 g/mol. The minimum atomic E-state index is -0.599. The quantitative estimate of drug-likeness (QED) is 0.414. The molecule has 1 N–H and O–H groups in total. The first-order chi connectivity index (χ1) is 16.4. The van der Waals surface area contributed by atoms with Gasteiger partial charge in [-0.1, -0.05) is 60.3 Å². The predicted octanol–water partition coefficient (Wildman–Crippen LogP) is 5.44. The second-order valence-electron chi connectivity index (χ2n) is 9.15. The molecule has 0 bridgehead atoms. The summed E-state index contributed by atoms with van der Waals surface area (Å²) < 4.78 is 6.82. The highest BCUT2D eigenvalue weighted by molar-refractivity contribution is 6.30. The predicted molar refractivity (Wildman–Crippen MR) is 133 cm³/mol. The number of hydrogen-bond acceptors (Lipinski definition) is 4. The summed E-state index contributed by atoms with van der Waals surface area (Å²) in [4.78, 5) is 28.7. The number of benzene rings is 2. The van der Waals surface area contributed by atoms with Crippen molar-refractivity contribution >= 4 is 28.4 Å². The molecule has 1 fully saturated rings. The number of amides is 1. The van der Waals surface area contributed by atoms with E-state index in [2.05, 4.69) is 20.8 Å². The SMILES string of the molecule is CN(C)C(=O)Cn1c(-c2ccc(Cl)cc2)c(C2CCCCC2)c2ccc(-c3noc(=O)[nH]3)cc21. The van der Waals surface area contributed by atoms with Crippen molar-refractivity contribution < 1.29 is 9.32 Å². The molecule has 1 aliphatic carbocycles. The van der Waals surface area contributed by atoms with E-state index in [-0.39, 0.29) is 12.5 Å². The van der Waals surface area contributed by atoms with E-state index in [0.29, 0.717) is 16.8 Å². The summed E-state index contributed by atoms with van der Waals surface area (Å²) in [7, 11) is 3.53. The van der Waals surface area contributed by atoms with Crippen molar-refractivity contribution in [2.24, 2.45) is 0 Å². The highest BCUT2D eigenvalue weighted by Gasteiger charge is 2.28. The summed E-state index contributed by atoms with van der Waals surface area (Å²) in [5.74, 6) is 0.182. The Balaban J connectivity index is 1.80. The second kappa shape index (κ2) is 9.14. The average Bonchev–Trinajstić information content (AvgIpc) is 3.41. The molecule has 7 nitrogen and oxygen atoms in total. The number of hydrogen-bond donors (Lipinski definition) is 1. The van der Waals surface area contributed by atoms with Gasteiger partial charge in [-0.3, -0.25) is 14.3 Å². The van der Waals surface area contributed by atoms with E-state index in [9.17, 15) is 9.59 Å². The van der Waals surface area contributed by atoms with Gasteiger partial charge < -0.3 is 9.47 Å². The number of fused-ring (bicyclic) bond motifs is 1. The van der Waals surface area contributed by atoms with Crippen molar-refractivity contribution in [1.29, 1.82) is 0 Å². The molecule has 2 aromatic carbocycles. The number of halogens is 1. The van der Waals surface area contributed by atoms with Crippen LogP contribution in [-0.2, 0) is 11.3 Å².